The van der Waals surface area contributed by atoms with Gasteiger partial charge in [0.25, 0.3) is 5.91 Å². The normalized spacial score (nSPS) is 13.7. The van der Waals surface area contributed by atoms with Crippen molar-refractivity contribution in [2.75, 3.05) is 5.32 Å². The summed E-state index contributed by atoms with van der Waals surface area (Å²) in [6, 6.07) is 13.5. The Labute approximate surface area is 148 Å². The van der Waals surface area contributed by atoms with Crippen LogP contribution in [0.15, 0.2) is 48.5 Å². The number of hydrogen-bond donors (Lipinski definition) is 2. The summed E-state index contributed by atoms with van der Waals surface area (Å²) < 4.78 is 0. The Bertz CT molecular complexity index is 818. The number of anilines is 1. The van der Waals surface area contributed by atoms with Crippen LogP contribution in [0, 0.1) is 13.8 Å². The van der Waals surface area contributed by atoms with Gasteiger partial charge in [0.1, 0.15) is 0 Å². The maximum atomic E-state index is 12.1. The van der Waals surface area contributed by atoms with Crippen molar-refractivity contribution in [3.8, 4) is 0 Å². The van der Waals surface area contributed by atoms with Crippen LogP contribution in [0.3, 0.4) is 0 Å². The predicted molar refractivity (Wildman–Crippen MR) is 101 cm³/mol. The van der Waals surface area contributed by atoms with Crippen LogP contribution in [-0.2, 0) is 4.79 Å². The van der Waals surface area contributed by atoms with Crippen LogP contribution in [0.1, 0.15) is 39.9 Å². The smallest absolute Gasteiger partial charge is 0.251 e. The lowest BCUT2D eigenvalue weighted by atomic mass is 10.1. The van der Waals surface area contributed by atoms with Crippen molar-refractivity contribution in [3.63, 3.8) is 0 Å². The minimum atomic E-state index is -0.177. The number of benzene rings is 2. The summed E-state index contributed by atoms with van der Waals surface area (Å²) in [5, 5.41) is 5.85. The summed E-state index contributed by atoms with van der Waals surface area (Å²) in [5.74, 6) is -0.213. The van der Waals surface area contributed by atoms with Gasteiger partial charge in [0.2, 0.25) is 5.91 Å². The largest absolute Gasteiger partial charge is 0.349 e. The predicted octanol–water partition coefficient (Wildman–Crippen LogP) is 3.85. The number of nitrogens with one attached hydrogen (secondary N) is 2. The number of carbonyl (C=O) groups excluding carboxylic acids is 2. The van der Waals surface area contributed by atoms with Crippen molar-refractivity contribution in [2.45, 2.75) is 32.7 Å². The lowest BCUT2D eigenvalue weighted by Crippen LogP contribution is -2.25. The molecule has 0 atom stereocenters. The Morgan fingerprint density at radius 1 is 1.04 bits per heavy atom. The fourth-order valence-corrected chi connectivity index (χ4v) is 2.46. The molecule has 128 valence electrons. The molecule has 0 bridgehead atoms. The number of amides is 2. The SMILES string of the molecule is Cc1ccc(C)c(NC(=O)/C=C/c2ccc(C(=O)NC3CC3)cc2)c1. The van der Waals surface area contributed by atoms with Crippen LogP contribution in [0.2, 0.25) is 0 Å². The molecular formula is C21H22N2O2. The standard InChI is InChI=1S/C21H22N2O2/c1-14-3-4-15(2)19(13-14)23-20(24)12-7-16-5-8-17(9-6-16)21(25)22-18-10-11-18/h3-9,12-13,18H,10-11H2,1-2H3,(H,22,25)(H,23,24)/b12-7+. The molecule has 2 amide bonds. The molecular weight excluding hydrogens is 312 g/mol. The monoisotopic (exact) mass is 334 g/mol. The average Bonchev–Trinajstić information content (AvgIpc) is 3.41. The molecule has 1 aliphatic rings. The molecule has 25 heavy (non-hydrogen) atoms. The molecule has 0 aliphatic heterocycles. The molecule has 0 saturated heterocycles. The first-order valence-electron chi connectivity index (χ1n) is 8.48. The van der Waals surface area contributed by atoms with Crippen molar-refractivity contribution >= 4 is 23.6 Å². The van der Waals surface area contributed by atoms with Crippen LogP contribution in [0.25, 0.3) is 6.08 Å². The van der Waals surface area contributed by atoms with Crippen molar-refractivity contribution in [3.05, 3.63) is 70.8 Å². The molecule has 1 aliphatic carbocycles. The minimum Gasteiger partial charge on any atom is -0.349 e. The molecule has 3 rings (SSSR count). The zero-order chi connectivity index (χ0) is 17.8. The van der Waals surface area contributed by atoms with Gasteiger partial charge in [0, 0.05) is 23.4 Å². The van der Waals surface area contributed by atoms with Crippen molar-refractivity contribution in [2.24, 2.45) is 0 Å². The molecule has 0 aromatic heterocycles. The van der Waals surface area contributed by atoms with E-state index in [0.29, 0.717) is 11.6 Å². The Morgan fingerprint density at radius 2 is 1.76 bits per heavy atom. The highest BCUT2D eigenvalue weighted by Crippen LogP contribution is 2.19. The molecule has 4 nitrogen and oxygen atoms in total. The number of rotatable bonds is 5. The third-order valence-corrected chi connectivity index (χ3v) is 4.16. The Hall–Kier alpha value is -2.88. The van der Waals surface area contributed by atoms with E-state index in [1.54, 1.807) is 18.2 Å². The van der Waals surface area contributed by atoms with Crippen LogP contribution in [0.4, 0.5) is 5.69 Å². The first kappa shape index (κ1) is 17.0. The van der Waals surface area contributed by atoms with Crippen molar-refractivity contribution in [1.82, 2.24) is 5.32 Å². The highest BCUT2D eigenvalue weighted by molar-refractivity contribution is 6.02. The summed E-state index contributed by atoms with van der Waals surface area (Å²) in [5.41, 5.74) is 4.47. The van der Waals surface area contributed by atoms with Gasteiger partial charge in [0.05, 0.1) is 0 Å². The van der Waals surface area contributed by atoms with Gasteiger partial charge in [-0.3, -0.25) is 9.59 Å². The second-order valence-corrected chi connectivity index (χ2v) is 6.51. The molecule has 0 spiro atoms. The van der Waals surface area contributed by atoms with Crippen molar-refractivity contribution < 1.29 is 9.59 Å². The van der Waals surface area contributed by atoms with Gasteiger partial charge in [-0.25, -0.2) is 0 Å². The van der Waals surface area contributed by atoms with Crippen LogP contribution >= 0.6 is 0 Å². The van der Waals surface area contributed by atoms with E-state index in [2.05, 4.69) is 10.6 Å². The maximum absolute atomic E-state index is 12.1. The second-order valence-electron chi connectivity index (χ2n) is 6.51. The van der Waals surface area contributed by atoms with Gasteiger partial charge in [-0.05, 0) is 67.7 Å². The summed E-state index contributed by atoms with van der Waals surface area (Å²) in [6.45, 7) is 3.95. The molecule has 1 saturated carbocycles. The van der Waals surface area contributed by atoms with Crippen molar-refractivity contribution in [1.29, 1.82) is 0 Å². The average molecular weight is 334 g/mol. The van der Waals surface area contributed by atoms with E-state index in [4.69, 9.17) is 0 Å². The lowest BCUT2D eigenvalue weighted by molar-refractivity contribution is -0.111. The topological polar surface area (TPSA) is 58.2 Å². The van der Waals surface area contributed by atoms with E-state index >= 15 is 0 Å². The van der Waals surface area contributed by atoms with Gasteiger partial charge in [-0.15, -0.1) is 0 Å². The number of hydrogen-bond acceptors (Lipinski definition) is 2. The van der Waals surface area contributed by atoms with Gasteiger partial charge in [-0.1, -0.05) is 24.3 Å². The number of aryl methyl sites for hydroxylation is 2. The van der Waals surface area contributed by atoms with E-state index in [1.807, 2.05) is 44.2 Å². The number of carbonyl (C=O) groups is 2. The molecule has 2 aromatic carbocycles. The van der Waals surface area contributed by atoms with Crippen LogP contribution in [-0.4, -0.2) is 17.9 Å². The van der Waals surface area contributed by atoms with Gasteiger partial charge in [0.15, 0.2) is 0 Å². The summed E-state index contributed by atoms with van der Waals surface area (Å²) in [4.78, 5) is 24.0. The summed E-state index contributed by atoms with van der Waals surface area (Å²) >= 11 is 0. The zero-order valence-corrected chi connectivity index (χ0v) is 14.5. The molecule has 0 radical (unpaired) electrons. The lowest BCUT2D eigenvalue weighted by Gasteiger charge is -2.07. The third-order valence-electron chi connectivity index (χ3n) is 4.16. The van der Waals surface area contributed by atoms with E-state index in [1.165, 1.54) is 6.08 Å². The molecule has 2 aromatic rings. The molecule has 0 unspecified atom stereocenters. The Balaban J connectivity index is 1.60. The molecule has 4 heteroatoms. The fourth-order valence-electron chi connectivity index (χ4n) is 2.46. The van der Waals surface area contributed by atoms with Gasteiger partial charge in [-0.2, -0.15) is 0 Å². The first-order chi connectivity index (χ1) is 12.0. The minimum absolute atomic E-state index is 0.0364. The fraction of sp³-hybridized carbons (Fsp3) is 0.238. The van der Waals surface area contributed by atoms with E-state index in [0.717, 1.165) is 35.2 Å². The van der Waals surface area contributed by atoms with Crippen LogP contribution in [0.5, 0.6) is 0 Å². The summed E-state index contributed by atoms with van der Waals surface area (Å²) in [6.07, 6.45) is 5.38. The zero-order valence-electron chi connectivity index (χ0n) is 14.5. The second kappa shape index (κ2) is 7.34. The maximum Gasteiger partial charge on any atom is 0.251 e. The van der Waals surface area contributed by atoms with E-state index < -0.39 is 0 Å². The van der Waals surface area contributed by atoms with Gasteiger partial charge >= 0.3 is 0 Å². The van der Waals surface area contributed by atoms with Crippen LogP contribution < -0.4 is 10.6 Å². The quantitative estimate of drug-likeness (QED) is 0.816. The Morgan fingerprint density at radius 3 is 2.44 bits per heavy atom. The highest BCUT2D eigenvalue weighted by Gasteiger charge is 2.23. The van der Waals surface area contributed by atoms with E-state index in [-0.39, 0.29) is 11.8 Å². The van der Waals surface area contributed by atoms with Gasteiger partial charge < -0.3 is 10.6 Å². The van der Waals surface area contributed by atoms with E-state index in [9.17, 15) is 9.59 Å². The third kappa shape index (κ3) is 4.80. The first-order valence-corrected chi connectivity index (χ1v) is 8.48. The molecule has 2 N–H and O–H groups in total. The molecule has 0 heterocycles. The highest BCUT2D eigenvalue weighted by atomic mass is 16.2. The summed E-state index contributed by atoms with van der Waals surface area (Å²) in [7, 11) is 0. The molecule has 1 fully saturated rings. The Kier molecular flexibility index (Phi) is 4.98.